The molecule has 0 saturated carbocycles. The number of halogens is 1. The number of primary amides is 1. The van der Waals surface area contributed by atoms with Crippen LogP contribution in [0.3, 0.4) is 0 Å². The summed E-state index contributed by atoms with van der Waals surface area (Å²) in [6, 6.07) is 11.1. The third-order valence-corrected chi connectivity index (χ3v) is 7.03. The fourth-order valence-electron chi connectivity index (χ4n) is 5.03. The average molecular weight is 547 g/mol. The summed E-state index contributed by atoms with van der Waals surface area (Å²) in [7, 11) is 0. The minimum Gasteiger partial charge on any atom is -0.492 e. The van der Waals surface area contributed by atoms with Crippen LogP contribution >= 0.6 is 0 Å². The Morgan fingerprint density at radius 1 is 1.20 bits per heavy atom. The van der Waals surface area contributed by atoms with E-state index in [1.165, 1.54) is 24.3 Å². The second kappa shape index (κ2) is 11.2. The Bertz CT molecular complexity index is 1590. The van der Waals surface area contributed by atoms with E-state index in [9.17, 15) is 14.0 Å². The van der Waals surface area contributed by atoms with Crippen LogP contribution in [0.2, 0.25) is 0 Å². The smallest absolute Gasteiger partial charge is 0.412 e. The van der Waals surface area contributed by atoms with Gasteiger partial charge in [-0.05, 0) is 76.2 Å². The summed E-state index contributed by atoms with van der Waals surface area (Å²) in [5.74, 6) is -0.298. The van der Waals surface area contributed by atoms with Crippen LogP contribution in [-0.4, -0.2) is 48.4 Å². The first-order valence-electron chi connectivity index (χ1n) is 12.8. The Labute approximate surface area is 229 Å². The van der Waals surface area contributed by atoms with Crippen molar-refractivity contribution in [1.82, 2.24) is 10.1 Å². The first-order valence-corrected chi connectivity index (χ1v) is 12.8. The van der Waals surface area contributed by atoms with Gasteiger partial charge in [-0.1, -0.05) is 5.16 Å². The van der Waals surface area contributed by atoms with Gasteiger partial charge in [0.25, 0.3) is 0 Å². The number of esters is 1. The van der Waals surface area contributed by atoms with E-state index in [4.69, 9.17) is 29.4 Å². The van der Waals surface area contributed by atoms with E-state index in [0.29, 0.717) is 58.0 Å². The standard InChI is InChI=1S/C29H27FN4O6/c1-16-25(17(2)40-33-16)21-14-24-22(13-23(21)37-12-11-34-9-7-18(15-31)8-10-34)26(28(35)39-29(32)36)27(38-24)19-3-5-20(30)6-4-19/h3-6,13-14,18H,7-12H2,1-2H3,(H2,32,36). The van der Waals surface area contributed by atoms with Crippen LogP contribution in [0.4, 0.5) is 9.18 Å². The number of rotatable bonds is 7. The zero-order valence-electron chi connectivity index (χ0n) is 22.0. The van der Waals surface area contributed by atoms with Crippen molar-refractivity contribution in [3.05, 3.63) is 59.2 Å². The van der Waals surface area contributed by atoms with Crippen LogP contribution in [0, 0.1) is 36.9 Å². The zero-order chi connectivity index (χ0) is 28.4. The molecule has 206 valence electrons. The van der Waals surface area contributed by atoms with Crippen LogP contribution in [0.5, 0.6) is 5.75 Å². The largest absolute Gasteiger partial charge is 0.492 e. The lowest BCUT2D eigenvalue weighted by Crippen LogP contribution is -2.36. The molecule has 0 aliphatic carbocycles. The number of benzene rings is 2. The molecule has 2 N–H and O–H groups in total. The fourth-order valence-corrected chi connectivity index (χ4v) is 5.03. The van der Waals surface area contributed by atoms with Crippen molar-refractivity contribution in [2.75, 3.05) is 26.2 Å². The van der Waals surface area contributed by atoms with Gasteiger partial charge in [0.2, 0.25) is 0 Å². The SMILES string of the molecule is Cc1noc(C)c1-c1cc2oc(-c3ccc(F)cc3)c(C(=O)OC(N)=O)c2cc1OCCN1CCC(C#N)CC1. The summed E-state index contributed by atoms with van der Waals surface area (Å²) in [5, 5.41) is 13.6. The molecule has 5 rings (SSSR count). The number of hydrogen-bond acceptors (Lipinski definition) is 9. The molecule has 2 aromatic heterocycles. The highest BCUT2D eigenvalue weighted by Gasteiger charge is 2.28. The van der Waals surface area contributed by atoms with Gasteiger partial charge in [0, 0.05) is 29.0 Å². The molecular weight excluding hydrogens is 519 g/mol. The minimum absolute atomic E-state index is 0.0471. The Morgan fingerprint density at radius 2 is 1.93 bits per heavy atom. The number of aryl methyl sites for hydroxylation is 2. The first kappa shape index (κ1) is 26.9. The van der Waals surface area contributed by atoms with Gasteiger partial charge in [-0.3, -0.25) is 4.90 Å². The molecule has 1 saturated heterocycles. The van der Waals surface area contributed by atoms with E-state index in [1.54, 1.807) is 26.0 Å². The van der Waals surface area contributed by atoms with E-state index in [0.717, 1.165) is 25.9 Å². The molecule has 0 radical (unpaired) electrons. The number of nitrogens with two attached hydrogens (primary N) is 1. The Morgan fingerprint density at radius 3 is 2.55 bits per heavy atom. The number of nitriles is 1. The molecule has 1 fully saturated rings. The monoisotopic (exact) mass is 546 g/mol. The maximum Gasteiger partial charge on any atom is 0.412 e. The van der Waals surface area contributed by atoms with Gasteiger partial charge in [-0.15, -0.1) is 0 Å². The number of nitrogens with zero attached hydrogens (tertiary/aromatic N) is 3. The number of fused-ring (bicyclic) bond motifs is 1. The number of furan rings is 1. The molecule has 1 amide bonds. The van der Waals surface area contributed by atoms with Crippen molar-refractivity contribution in [2.24, 2.45) is 11.7 Å². The van der Waals surface area contributed by atoms with Gasteiger partial charge >= 0.3 is 12.1 Å². The van der Waals surface area contributed by atoms with E-state index >= 15 is 0 Å². The van der Waals surface area contributed by atoms with Crippen LogP contribution in [-0.2, 0) is 4.74 Å². The summed E-state index contributed by atoms with van der Waals surface area (Å²) < 4.78 is 36.1. The molecular formula is C29H27FN4O6. The van der Waals surface area contributed by atoms with Gasteiger partial charge in [-0.2, -0.15) is 5.26 Å². The highest BCUT2D eigenvalue weighted by molar-refractivity contribution is 6.12. The summed E-state index contributed by atoms with van der Waals surface area (Å²) in [6.07, 6.45) is 0.367. The quantitative estimate of drug-likeness (QED) is 0.239. The number of carbonyl (C=O) groups excluding carboxylic acids is 2. The fraction of sp³-hybridized carbons (Fsp3) is 0.310. The maximum atomic E-state index is 13.6. The van der Waals surface area contributed by atoms with Gasteiger partial charge in [0.1, 0.15) is 40.8 Å². The maximum absolute atomic E-state index is 13.6. The number of amides is 1. The van der Waals surface area contributed by atoms with Crippen molar-refractivity contribution >= 4 is 23.0 Å². The van der Waals surface area contributed by atoms with Gasteiger partial charge in [0.05, 0.1) is 17.3 Å². The second-order valence-corrected chi connectivity index (χ2v) is 9.66. The van der Waals surface area contributed by atoms with Crippen molar-refractivity contribution in [1.29, 1.82) is 5.26 Å². The number of ether oxygens (including phenoxy) is 2. The predicted molar refractivity (Wildman–Crippen MR) is 142 cm³/mol. The van der Waals surface area contributed by atoms with Crippen molar-refractivity contribution in [3.8, 4) is 34.3 Å². The van der Waals surface area contributed by atoms with Crippen molar-refractivity contribution < 1.29 is 32.4 Å². The number of likely N-dealkylation sites (tertiary alicyclic amines) is 1. The highest BCUT2D eigenvalue weighted by Crippen LogP contribution is 2.42. The Hall–Kier alpha value is -4.69. The van der Waals surface area contributed by atoms with Crippen molar-refractivity contribution in [3.63, 3.8) is 0 Å². The molecule has 40 heavy (non-hydrogen) atoms. The second-order valence-electron chi connectivity index (χ2n) is 9.66. The van der Waals surface area contributed by atoms with Crippen LogP contribution < -0.4 is 10.5 Å². The molecule has 4 aromatic rings. The normalized spacial score (nSPS) is 14.2. The van der Waals surface area contributed by atoms with Crippen LogP contribution in [0.1, 0.15) is 34.7 Å². The Kier molecular flexibility index (Phi) is 7.53. The molecule has 1 aliphatic heterocycles. The lowest BCUT2D eigenvalue weighted by molar-refractivity contribution is 0.0640. The molecule has 10 nitrogen and oxygen atoms in total. The summed E-state index contributed by atoms with van der Waals surface area (Å²) in [4.78, 5) is 26.7. The van der Waals surface area contributed by atoms with Gasteiger partial charge in [-0.25, -0.2) is 14.0 Å². The lowest BCUT2D eigenvalue weighted by Gasteiger charge is -2.28. The van der Waals surface area contributed by atoms with Crippen LogP contribution in [0.25, 0.3) is 33.4 Å². The third kappa shape index (κ3) is 5.39. The minimum atomic E-state index is -1.27. The summed E-state index contributed by atoms with van der Waals surface area (Å²) in [6.45, 7) is 6.18. The van der Waals surface area contributed by atoms with Crippen LogP contribution in [0.15, 0.2) is 45.3 Å². The van der Waals surface area contributed by atoms with E-state index in [2.05, 4.69) is 16.1 Å². The molecule has 2 aromatic carbocycles. The Balaban J connectivity index is 1.58. The number of carbonyl (C=O) groups is 2. The third-order valence-electron chi connectivity index (χ3n) is 7.03. The summed E-state index contributed by atoms with van der Waals surface area (Å²) in [5.41, 5.74) is 7.78. The van der Waals surface area contributed by atoms with E-state index in [-0.39, 0.29) is 17.2 Å². The van der Waals surface area contributed by atoms with Crippen molar-refractivity contribution in [2.45, 2.75) is 26.7 Å². The average Bonchev–Trinajstić information content (AvgIpc) is 3.47. The molecule has 0 spiro atoms. The van der Waals surface area contributed by atoms with Gasteiger partial charge < -0.3 is 24.1 Å². The number of piperidine rings is 1. The number of aromatic nitrogens is 1. The molecule has 0 unspecified atom stereocenters. The van der Waals surface area contributed by atoms with E-state index < -0.39 is 17.9 Å². The number of hydrogen-bond donors (Lipinski definition) is 1. The van der Waals surface area contributed by atoms with E-state index in [1.807, 2.05) is 0 Å². The first-order chi connectivity index (χ1) is 19.2. The van der Waals surface area contributed by atoms with Gasteiger partial charge in [0.15, 0.2) is 0 Å². The zero-order valence-corrected chi connectivity index (χ0v) is 22.0. The highest BCUT2D eigenvalue weighted by atomic mass is 19.1. The molecule has 0 atom stereocenters. The molecule has 0 bridgehead atoms. The lowest BCUT2D eigenvalue weighted by atomic mass is 9.99. The summed E-state index contributed by atoms with van der Waals surface area (Å²) >= 11 is 0. The topological polar surface area (TPSA) is 145 Å². The molecule has 3 heterocycles. The predicted octanol–water partition coefficient (Wildman–Crippen LogP) is 5.36. The molecule has 11 heteroatoms. The molecule has 1 aliphatic rings.